The number of rotatable bonds is 12. The molecule has 1 aromatic rings. The summed E-state index contributed by atoms with van der Waals surface area (Å²) >= 11 is 0. The zero-order valence-corrected chi connectivity index (χ0v) is 21.1. The average Bonchev–Trinajstić information content (AvgIpc) is 2.83. The standard InChI is InChI=1S/C21H35N5O4.C2HF3O2/c1-15(2)13-18(20(28)26-25-19(27)7-5-4-6-12-22)24-21(29)30-14-16-8-10-17(23-3)11-9-16;3-2(4,5)1(6)7/h8-11,15,18,23H,4-7,12-14,22H2,1-3H3,(H,24,29)(H,25,27)(H,26,28);(H,6,7)/t18-;/m1./s1. The molecule has 14 heteroatoms. The van der Waals surface area contributed by atoms with Gasteiger partial charge in [-0.1, -0.05) is 32.4 Å². The van der Waals surface area contributed by atoms with Gasteiger partial charge in [-0.3, -0.25) is 20.4 Å². The van der Waals surface area contributed by atoms with E-state index in [1.807, 2.05) is 45.2 Å². The van der Waals surface area contributed by atoms with Crippen LogP contribution in [-0.4, -0.2) is 54.8 Å². The summed E-state index contributed by atoms with van der Waals surface area (Å²) in [4.78, 5) is 45.3. The summed E-state index contributed by atoms with van der Waals surface area (Å²) in [5, 5.41) is 12.7. The van der Waals surface area contributed by atoms with Crippen LogP contribution in [0, 0.1) is 5.92 Å². The number of amides is 3. The maximum atomic E-state index is 12.4. The molecule has 0 spiro atoms. The van der Waals surface area contributed by atoms with Crippen molar-refractivity contribution in [3.8, 4) is 0 Å². The van der Waals surface area contributed by atoms with Gasteiger partial charge < -0.3 is 26.2 Å². The molecule has 0 radical (unpaired) electrons. The number of hydrazine groups is 1. The van der Waals surface area contributed by atoms with E-state index in [1.54, 1.807) is 0 Å². The van der Waals surface area contributed by atoms with Crippen molar-refractivity contribution < 1.29 is 42.2 Å². The highest BCUT2D eigenvalue weighted by Gasteiger charge is 2.38. The van der Waals surface area contributed by atoms with Gasteiger partial charge in [0.05, 0.1) is 0 Å². The number of carboxylic acid groups (broad SMARTS) is 1. The van der Waals surface area contributed by atoms with Crippen LogP contribution in [0.3, 0.4) is 0 Å². The molecule has 7 N–H and O–H groups in total. The number of carboxylic acids is 1. The van der Waals surface area contributed by atoms with Crippen molar-refractivity contribution in [2.75, 3.05) is 18.9 Å². The van der Waals surface area contributed by atoms with Crippen molar-refractivity contribution in [3.63, 3.8) is 0 Å². The molecule has 210 valence electrons. The molecule has 0 aliphatic rings. The van der Waals surface area contributed by atoms with E-state index < -0.39 is 30.2 Å². The average molecular weight is 536 g/mol. The highest BCUT2D eigenvalue weighted by Crippen LogP contribution is 2.13. The van der Waals surface area contributed by atoms with Gasteiger partial charge in [-0.15, -0.1) is 0 Å². The number of nitrogens with two attached hydrogens (primary N) is 1. The van der Waals surface area contributed by atoms with Crippen molar-refractivity contribution in [1.29, 1.82) is 0 Å². The molecule has 0 aliphatic heterocycles. The normalized spacial score (nSPS) is 11.5. The Kier molecular flexibility index (Phi) is 16.1. The van der Waals surface area contributed by atoms with E-state index in [4.69, 9.17) is 20.4 Å². The van der Waals surface area contributed by atoms with E-state index in [1.165, 1.54) is 0 Å². The molecule has 1 atom stereocenters. The van der Waals surface area contributed by atoms with Crippen molar-refractivity contribution >= 4 is 29.6 Å². The molecule has 1 rings (SSSR count). The van der Waals surface area contributed by atoms with Crippen LogP contribution in [-0.2, 0) is 25.7 Å². The second kappa shape index (κ2) is 17.8. The third kappa shape index (κ3) is 16.7. The van der Waals surface area contributed by atoms with Gasteiger partial charge in [-0.05, 0) is 49.4 Å². The number of anilines is 1. The summed E-state index contributed by atoms with van der Waals surface area (Å²) in [6.07, 6.45) is -2.64. The topological polar surface area (TPSA) is 172 Å². The lowest BCUT2D eigenvalue weighted by Gasteiger charge is -2.20. The van der Waals surface area contributed by atoms with Crippen LogP contribution < -0.4 is 27.2 Å². The van der Waals surface area contributed by atoms with Gasteiger partial charge in [0.25, 0.3) is 5.91 Å². The smallest absolute Gasteiger partial charge is 0.475 e. The van der Waals surface area contributed by atoms with Gasteiger partial charge in [0.1, 0.15) is 12.6 Å². The van der Waals surface area contributed by atoms with Gasteiger partial charge in [0.2, 0.25) is 5.91 Å². The van der Waals surface area contributed by atoms with Crippen LogP contribution in [0.2, 0.25) is 0 Å². The molecule has 0 saturated heterocycles. The van der Waals surface area contributed by atoms with Crippen LogP contribution in [0.5, 0.6) is 0 Å². The molecular weight excluding hydrogens is 499 g/mol. The summed E-state index contributed by atoms with van der Waals surface area (Å²) in [6.45, 7) is 4.56. The Labute approximate surface area is 213 Å². The van der Waals surface area contributed by atoms with Crippen LogP contribution in [0.15, 0.2) is 24.3 Å². The summed E-state index contributed by atoms with van der Waals surface area (Å²) in [5.41, 5.74) is 12.0. The van der Waals surface area contributed by atoms with E-state index in [2.05, 4.69) is 21.5 Å². The monoisotopic (exact) mass is 535 g/mol. The lowest BCUT2D eigenvalue weighted by atomic mass is 10.0. The van der Waals surface area contributed by atoms with Crippen molar-refractivity contribution in [2.45, 2.75) is 64.8 Å². The minimum Gasteiger partial charge on any atom is -0.475 e. The minimum absolute atomic E-state index is 0.0887. The molecule has 0 aromatic heterocycles. The van der Waals surface area contributed by atoms with Crippen molar-refractivity contribution in [3.05, 3.63) is 29.8 Å². The predicted molar refractivity (Wildman–Crippen MR) is 130 cm³/mol. The van der Waals surface area contributed by atoms with Crippen LogP contribution in [0.4, 0.5) is 23.7 Å². The fraction of sp³-hybridized carbons (Fsp3) is 0.565. The number of carbonyl (C=O) groups excluding carboxylic acids is 3. The second-order valence-electron chi connectivity index (χ2n) is 8.29. The van der Waals surface area contributed by atoms with Gasteiger partial charge >= 0.3 is 18.2 Å². The first-order valence-corrected chi connectivity index (χ1v) is 11.6. The number of ether oxygens (including phenoxy) is 1. The Morgan fingerprint density at radius 3 is 2.11 bits per heavy atom. The van der Waals surface area contributed by atoms with Crippen LogP contribution in [0.1, 0.15) is 51.5 Å². The number of benzene rings is 1. The maximum Gasteiger partial charge on any atom is 0.490 e. The molecule has 0 bridgehead atoms. The number of nitrogens with one attached hydrogen (secondary N) is 4. The molecule has 3 amide bonds. The minimum atomic E-state index is -5.08. The predicted octanol–water partition coefficient (Wildman–Crippen LogP) is 2.67. The van der Waals surface area contributed by atoms with E-state index in [-0.39, 0.29) is 18.4 Å². The summed E-state index contributed by atoms with van der Waals surface area (Å²) in [5.74, 6) is -3.37. The fourth-order valence-corrected chi connectivity index (χ4v) is 2.69. The first kappa shape index (κ1) is 33.4. The first-order chi connectivity index (χ1) is 17.3. The number of carbonyl (C=O) groups is 4. The second-order valence-corrected chi connectivity index (χ2v) is 8.29. The fourth-order valence-electron chi connectivity index (χ4n) is 2.69. The molecule has 0 unspecified atom stereocenters. The molecule has 0 heterocycles. The molecule has 0 aliphatic carbocycles. The van der Waals surface area contributed by atoms with Gasteiger partial charge in [-0.25, -0.2) is 9.59 Å². The quantitative estimate of drug-likeness (QED) is 0.175. The molecule has 37 heavy (non-hydrogen) atoms. The first-order valence-electron chi connectivity index (χ1n) is 11.6. The maximum absolute atomic E-state index is 12.4. The van der Waals surface area contributed by atoms with Crippen molar-refractivity contribution in [2.24, 2.45) is 11.7 Å². The SMILES string of the molecule is CNc1ccc(COC(=O)N[C@H](CC(C)C)C(=O)NNC(=O)CCCCCN)cc1.O=C(O)C(F)(F)F. The zero-order chi connectivity index (χ0) is 28.4. The third-order valence-electron chi connectivity index (χ3n) is 4.60. The van der Waals surface area contributed by atoms with Crippen LogP contribution in [0.25, 0.3) is 0 Å². The van der Waals surface area contributed by atoms with Crippen molar-refractivity contribution in [1.82, 2.24) is 16.2 Å². The molecule has 1 aromatic carbocycles. The Hall–Kier alpha value is -3.55. The Morgan fingerprint density at radius 2 is 1.62 bits per heavy atom. The Balaban J connectivity index is 0.00000161. The van der Waals surface area contributed by atoms with Gasteiger partial charge in [0.15, 0.2) is 0 Å². The van der Waals surface area contributed by atoms with E-state index in [0.717, 1.165) is 24.1 Å². The summed E-state index contributed by atoms with van der Waals surface area (Å²) in [6, 6.07) is 6.64. The van der Waals surface area contributed by atoms with E-state index >= 15 is 0 Å². The molecule has 11 nitrogen and oxygen atoms in total. The van der Waals surface area contributed by atoms with Crippen LogP contribution >= 0.6 is 0 Å². The lowest BCUT2D eigenvalue weighted by Crippen LogP contribution is -2.52. The molecular formula is C23H36F3N5O6. The summed E-state index contributed by atoms with van der Waals surface area (Å²) < 4.78 is 37.0. The molecule has 0 saturated carbocycles. The van der Waals surface area contributed by atoms with E-state index in [9.17, 15) is 27.6 Å². The third-order valence-corrected chi connectivity index (χ3v) is 4.60. The number of hydrogen-bond donors (Lipinski definition) is 6. The Bertz CT molecular complexity index is 850. The number of unbranched alkanes of at least 4 members (excludes halogenated alkanes) is 2. The number of alkyl carbamates (subject to hydrolysis) is 1. The molecule has 0 fully saturated rings. The number of hydrogen-bond acceptors (Lipinski definition) is 7. The van der Waals surface area contributed by atoms with E-state index in [0.29, 0.717) is 25.8 Å². The number of aliphatic carboxylic acids is 1. The number of halogens is 3. The lowest BCUT2D eigenvalue weighted by molar-refractivity contribution is -0.192. The highest BCUT2D eigenvalue weighted by molar-refractivity contribution is 5.87. The zero-order valence-electron chi connectivity index (χ0n) is 21.1. The Morgan fingerprint density at radius 1 is 1.03 bits per heavy atom. The van der Waals surface area contributed by atoms with Gasteiger partial charge in [0, 0.05) is 19.2 Å². The largest absolute Gasteiger partial charge is 0.490 e. The van der Waals surface area contributed by atoms with Gasteiger partial charge in [-0.2, -0.15) is 13.2 Å². The number of alkyl halides is 3. The summed E-state index contributed by atoms with van der Waals surface area (Å²) in [7, 11) is 1.82. The highest BCUT2D eigenvalue weighted by atomic mass is 19.4.